The lowest BCUT2D eigenvalue weighted by atomic mass is 10.0. The molecule has 0 aromatic carbocycles. The monoisotopic (exact) mass is 316 g/mol. The normalized spacial score (nSPS) is 26.6. The van der Waals surface area contributed by atoms with Gasteiger partial charge < -0.3 is 14.5 Å². The lowest BCUT2D eigenvalue weighted by Gasteiger charge is -2.42. The van der Waals surface area contributed by atoms with Gasteiger partial charge in [0, 0.05) is 64.4 Å². The molecule has 0 saturated carbocycles. The van der Waals surface area contributed by atoms with Crippen LogP contribution in [-0.2, 0) is 11.3 Å². The van der Waals surface area contributed by atoms with Gasteiger partial charge in [-0.05, 0) is 24.5 Å². The van der Waals surface area contributed by atoms with Crippen molar-refractivity contribution in [2.45, 2.75) is 31.5 Å². The van der Waals surface area contributed by atoms with Crippen LogP contribution < -0.4 is 0 Å². The van der Waals surface area contributed by atoms with Crippen LogP contribution in [0.4, 0.5) is 4.79 Å². The molecular formula is C17H24N4O2. The molecule has 0 spiro atoms. The highest BCUT2D eigenvalue weighted by Gasteiger charge is 2.41. The predicted octanol–water partition coefficient (Wildman–Crippen LogP) is 1.18. The highest BCUT2D eigenvalue weighted by Crippen LogP contribution is 2.25. The molecule has 0 unspecified atom stereocenters. The minimum absolute atomic E-state index is 0.186. The van der Waals surface area contributed by atoms with Crippen molar-refractivity contribution in [1.82, 2.24) is 19.7 Å². The van der Waals surface area contributed by atoms with Crippen molar-refractivity contribution >= 4 is 6.03 Å². The maximum atomic E-state index is 12.6. The summed E-state index contributed by atoms with van der Waals surface area (Å²) in [6.07, 6.45) is 5.86. The molecule has 0 aliphatic carbocycles. The van der Waals surface area contributed by atoms with Gasteiger partial charge in [0.25, 0.3) is 0 Å². The lowest BCUT2D eigenvalue weighted by Crippen LogP contribution is -2.55. The topological polar surface area (TPSA) is 48.9 Å². The zero-order valence-electron chi connectivity index (χ0n) is 13.4. The first kappa shape index (κ1) is 14.9. The minimum Gasteiger partial charge on any atom is -0.381 e. The third kappa shape index (κ3) is 3.05. The fourth-order valence-electron chi connectivity index (χ4n) is 4.03. The van der Waals surface area contributed by atoms with E-state index in [0.29, 0.717) is 18.6 Å². The van der Waals surface area contributed by atoms with Gasteiger partial charge in [0.2, 0.25) is 0 Å². The fourth-order valence-corrected chi connectivity index (χ4v) is 4.03. The van der Waals surface area contributed by atoms with Crippen molar-refractivity contribution in [2.24, 2.45) is 0 Å². The van der Waals surface area contributed by atoms with Crippen molar-refractivity contribution in [3.8, 4) is 0 Å². The second-order valence-electron chi connectivity index (χ2n) is 6.71. The van der Waals surface area contributed by atoms with Gasteiger partial charge in [0.1, 0.15) is 0 Å². The van der Waals surface area contributed by atoms with Crippen LogP contribution in [0.2, 0.25) is 0 Å². The number of carbonyl (C=O) groups is 1. The Hall–Kier alpha value is -1.66. The lowest BCUT2D eigenvalue weighted by molar-refractivity contribution is 0.0109. The number of urea groups is 1. The molecule has 0 bridgehead atoms. The number of ether oxygens (including phenoxy) is 1. The molecule has 3 fully saturated rings. The SMILES string of the molecule is O=C1N(Cc2cccnc2)C[C@H]2CN(C3CCOCC3)CCN12. The van der Waals surface area contributed by atoms with Crippen LogP contribution in [0.1, 0.15) is 18.4 Å². The van der Waals surface area contributed by atoms with Gasteiger partial charge in [-0.15, -0.1) is 0 Å². The molecule has 4 heterocycles. The van der Waals surface area contributed by atoms with E-state index in [0.717, 1.165) is 57.8 Å². The fraction of sp³-hybridized carbons (Fsp3) is 0.647. The van der Waals surface area contributed by atoms with E-state index in [4.69, 9.17) is 4.74 Å². The molecule has 23 heavy (non-hydrogen) atoms. The molecule has 1 atom stereocenters. The Morgan fingerprint density at radius 2 is 2.04 bits per heavy atom. The Balaban J connectivity index is 1.39. The summed E-state index contributed by atoms with van der Waals surface area (Å²) < 4.78 is 5.47. The van der Waals surface area contributed by atoms with E-state index in [2.05, 4.69) is 14.8 Å². The second-order valence-corrected chi connectivity index (χ2v) is 6.71. The Labute approximate surface area is 137 Å². The summed E-state index contributed by atoms with van der Waals surface area (Å²) in [6, 6.07) is 5.11. The van der Waals surface area contributed by atoms with Gasteiger partial charge in [-0.1, -0.05) is 6.07 Å². The number of hydrogen-bond acceptors (Lipinski definition) is 4. The summed E-state index contributed by atoms with van der Waals surface area (Å²) in [4.78, 5) is 23.4. The van der Waals surface area contributed by atoms with Gasteiger partial charge in [-0.25, -0.2) is 4.79 Å². The number of carbonyl (C=O) groups excluding carboxylic acids is 1. The largest absolute Gasteiger partial charge is 0.381 e. The van der Waals surface area contributed by atoms with Crippen LogP contribution in [0.15, 0.2) is 24.5 Å². The van der Waals surface area contributed by atoms with E-state index < -0.39 is 0 Å². The highest BCUT2D eigenvalue weighted by atomic mass is 16.5. The molecule has 1 aromatic rings. The Morgan fingerprint density at radius 1 is 1.17 bits per heavy atom. The maximum absolute atomic E-state index is 12.6. The van der Waals surface area contributed by atoms with E-state index in [9.17, 15) is 4.79 Å². The van der Waals surface area contributed by atoms with Gasteiger partial charge >= 0.3 is 6.03 Å². The minimum atomic E-state index is 0.186. The first-order chi connectivity index (χ1) is 11.3. The molecule has 2 amide bonds. The number of amides is 2. The molecule has 6 nitrogen and oxygen atoms in total. The molecule has 3 aliphatic rings. The smallest absolute Gasteiger partial charge is 0.320 e. The molecule has 3 aliphatic heterocycles. The summed E-state index contributed by atoms with van der Waals surface area (Å²) in [5.74, 6) is 0. The van der Waals surface area contributed by atoms with E-state index in [1.165, 1.54) is 0 Å². The van der Waals surface area contributed by atoms with Crippen molar-refractivity contribution in [1.29, 1.82) is 0 Å². The highest BCUT2D eigenvalue weighted by molar-refractivity contribution is 5.77. The van der Waals surface area contributed by atoms with E-state index in [-0.39, 0.29) is 6.03 Å². The molecule has 124 valence electrons. The van der Waals surface area contributed by atoms with Crippen molar-refractivity contribution in [2.75, 3.05) is 39.4 Å². The molecule has 1 aromatic heterocycles. The second kappa shape index (κ2) is 6.45. The molecular weight excluding hydrogens is 292 g/mol. The van der Waals surface area contributed by atoms with Gasteiger partial charge in [0.05, 0.1) is 6.04 Å². The number of aromatic nitrogens is 1. The number of pyridine rings is 1. The number of piperazine rings is 1. The average molecular weight is 316 g/mol. The Kier molecular flexibility index (Phi) is 4.18. The predicted molar refractivity (Wildman–Crippen MR) is 86.0 cm³/mol. The van der Waals surface area contributed by atoms with Gasteiger partial charge in [-0.2, -0.15) is 0 Å². The van der Waals surface area contributed by atoms with Crippen LogP contribution in [0.25, 0.3) is 0 Å². The first-order valence-corrected chi connectivity index (χ1v) is 8.57. The Morgan fingerprint density at radius 3 is 2.83 bits per heavy atom. The van der Waals surface area contributed by atoms with Crippen molar-refractivity contribution in [3.05, 3.63) is 30.1 Å². The van der Waals surface area contributed by atoms with Gasteiger partial charge in [-0.3, -0.25) is 9.88 Å². The zero-order chi connectivity index (χ0) is 15.6. The molecule has 3 saturated heterocycles. The molecule has 0 N–H and O–H groups in total. The van der Waals surface area contributed by atoms with Crippen LogP contribution >= 0.6 is 0 Å². The van der Waals surface area contributed by atoms with E-state index in [1.807, 2.05) is 23.2 Å². The van der Waals surface area contributed by atoms with E-state index >= 15 is 0 Å². The van der Waals surface area contributed by atoms with Crippen LogP contribution in [0.3, 0.4) is 0 Å². The summed E-state index contributed by atoms with van der Waals surface area (Å²) in [6.45, 7) is 6.09. The quantitative estimate of drug-likeness (QED) is 0.840. The Bertz CT molecular complexity index is 547. The third-order valence-corrected chi connectivity index (χ3v) is 5.26. The van der Waals surface area contributed by atoms with Crippen molar-refractivity contribution < 1.29 is 9.53 Å². The van der Waals surface area contributed by atoms with Gasteiger partial charge in [0.15, 0.2) is 0 Å². The maximum Gasteiger partial charge on any atom is 0.320 e. The van der Waals surface area contributed by atoms with Crippen molar-refractivity contribution in [3.63, 3.8) is 0 Å². The summed E-state index contributed by atoms with van der Waals surface area (Å²) in [5.41, 5.74) is 1.10. The molecule has 0 radical (unpaired) electrons. The van der Waals surface area contributed by atoms with Crippen LogP contribution in [-0.4, -0.2) is 77.2 Å². The summed E-state index contributed by atoms with van der Waals surface area (Å²) in [7, 11) is 0. The third-order valence-electron chi connectivity index (χ3n) is 5.26. The van der Waals surface area contributed by atoms with Crippen LogP contribution in [0, 0.1) is 0 Å². The summed E-state index contributed by atoms with van der Waals surface area (Å²) in [5, 5.41) is 0. The van der Waals surface area contributed by atoms with E-state index in [1.54, 1.807) is 6.20 Å². The average Bonchev–Trinajstić information content (AvgIpc) is 2.92. The summed E-state index contributed by atoms with van der Waals surface area (Å²) >= 11 is 0. The standard InChI is InChI=1S/C17H24N4O2/c22-17-20(11-14-2-1-5-18-10-14)13-16-12-19(6-7-21(16)17)15-3-8-23-9-4-15/h1-2,5,10,15-16H,3-4,6-9,11-13H2/t16-/m1/s1. The van der Waals surface area contributed by atoms with Crippen LogP contribution in [0.5, 0.6) is 0 Å². The molecule has 6 heteroatoms. The zero-order valence-corrected chi connectivity index (χ0v) is 13.4. The number of hydrogen-bond donors (Lipinski definition) is 0. The number of fused-ring (bicyclic) bond motifs is 1. The molecule has 4 rings (SSSR count). The number of nitrogens with zero attached hydrogens (tertiary/aromatic N) is 4. The number of rotatable bonds is 3. The first-order valence-electron chi connectivity index (χ1n) is 8.57.